The smallest absolute Gasteiger partial charge is 0.198 e. The van der Waals surface area contributed by atoms with Crippen molar-refractivity contribution in [3.63, 3.8) is 0 Å². The molecule has 27 heavy (non-hydrogen) atoms. The number of Topliss-reactive ketones (excluding diaryl/α,β-unsaturated/α-hetero) is 1. The molecular weight excluding hydrogens is 352 g/mol. The van der Waals surface area contributed by atoms with Gasteiger partial charge < -0.3 is 4.90 Å². The molecule has 3 rings (SSSR count). The molecule has 0 bridgehead atoms. The molecular formula is C19H17F2N5O. The highest BCUT2D eigenvalue weighted by atomic mass is 19.1. The Morgan fingerprint density at radius 1 is 1.07 bits per heavy atom. The summed E-state index contributed by atoms with van der Waals surface area (Å²) in [6, 6.07) is 10.1. The van der Waals surface area contributed by atoms with Crippen LogP contribution in [0.3, 0.4) is 0 Å². The highest BCUT2D eigenvalue weighted by Crippen LogP contribution is 2.22. The van der Waals surface area contributed by atoms with Gasteiger partial charge in [0.25, 0.3) is 0 Å². The summed E-state index contributed by atoms with van der Waals surface area (Å²) >= 11 is 0. The number of nitrogens with zero attached hydrogens (tertiary/aromatic N) is 5. The van der Waals surface area contributed by atoms with Gasteiger partial charge in [0.15, 0.2) is 11.6 Å². The molecule has 0 unspecified atom stereocenters. The number of carbonyl (C=O) groups is 1. The van der Waals surface area contributed by atoms with Crippen molar-refractivity contribution in [2.24, 2.45) is 0 Å². The predicted octanol–water partition coefficient (Wildman–Crippen LogP) is 3.03. The Morgan fingerprint density at radius 2 is 1.70 bits per heavy atom. The van der Waals surface area contributed by atoms with E-state index in [9.17, 15) is 13.6 Å². The molecule has 0 spiro atoms. The zero-order valence-corrected chi connectivity index (χ0v) is 15.0. The van der Waals surface area contributed by atoms with Crippen molar-refractivity contribution in [1.82, 2.24) is 25.1 Å². The standard InChI is InChI=1S/C19H17F2N5O/c1-12-4-6-16(7-5-12)26-19(22-23-24-26)17(11-25(2)3)18(27)13-8-14(20)10-15(21)9-13/h4-11H,1-3H3/b17-11+. The number of halogens is 2. The van der Waals surface area contributed by atoms with Crippen molar-refractivity contribution in [3.05, 3.63) is 77.3 Å². The first-order valence-electron chi connectivity index (χ1n) is 8.10. The first kappa shape index (κ1) is 18.4. The average Bonchev–Trinajstić information content (AvgIpc) is 3.08. The van der Waals surface area contributed by atoms with Gasteiger partial charge in [0.2, 0.25) is 0 Å². The van der Waals surface area contributed by atoms with Gasteiger partial charge in [-0.15, -0.1) is 5.10 Å². The Kier molecular flexibility index (Phi) is 5.07. The minimum absolute atomic E-state index is 0.107. The van der Waals surface area contributed by atoms with Crippen molar-refractivity contribution >= 4 is 11.4 Å². The van der Waals surface area contributed by atoms with Crippen LogP contribution in [0.15, 0.2) is 48.7 Å². The van der Waals surface area contributed by atoms with Crippen LogP contribution in [0.5, 0.6) is 0 Å². The van der Waals surface area contributed by atoms with Gasteiger partial charge in [0.1, 0.15) is 11.6 Å². The molecule has 0 fully saturated rings. The maximum absolute atomic E-state index is 13.6. The molecule has 0 aliphatic carbocycles. The third-order valence-corrected chi connectivity index (χ3v) is 3.75. The minimum atomic E-state index is -0.833. The van der Waals surface area contributed by atoms with Crippen LogP contribution in [0, 0.1) is 18.6 Å². The molecule has 0 N–H and O–H groups in total. The van der Waals surface area contributed by atoms with E-state index >= 15 is 0 Å². The van der Waals surface area contributed by atoms with Crippen LogP contribution in [0.4, 0.5) is 8.78 Å². The molecule has 1 heterocycles. The number of hydrogen-bond acceptors (Lipinski definition) is 5. The lowest BCUT2D eigenvalue weighted by Crippen LogP contribution is -2.14. The van der Waals surface area contributed by atoms with Crippen molar-refractivity contribution < 1.29 is 13.6 Å². The molecule has 1 aromatic heterocycles. The topological polar surface area (TPSA) is 63.9 Å². The van der Waals surface area contributed by atoms with Gasteiger partial charge >= 0.3 is 0 Å². The van der Waals surface area contributed by atoms with Gasteiger partial charge in [0.05, 0.1) is 11.3 Å². The van der Waals surface area contributed by atoms with Gasteiger partial charge in [-0.05, 0) is 41.6 Å². The Balaban J connectivity index is 2.11. The van der Waals surface area contributed by atoms with E-state index in [0.29, 0.717) is 11.8 Å². The van der Waals surface area contributed by atoms with E-state index in [1.165, 1.54) is 10.9 Å². The van der Waals surface area contributed by atoms with Gasteiger partial charge in [-0.2, -0.15) is 4.68 Å². The fourth-order valence-corrected chi connectivity index (χ4v) is 2.53. The first-order chi connectivity index (χ1) is 12.8. The lowest BCUT2D eigenvalue weighted by molar-refractivity contribution is 0.105. The van der Waals surface area contributed by atoms with Crippen LogP contribution < -0.4 is 0 Å². The number of tetrazole rings is 1. The maximum atomic E-state index is 13.6. The summed E-state index contributed by atoms with van der Waals surface area (Å²) in [7, 11) is 3.44. The molecule has 0 amide bonds. The molecule has 0 radical (unpaired) electrons. The number of benzene rings is 2. The highest BCUT2D eigenvalue weighted by Gasteiger charge is 2.23. The first-order valence-corrected chi connectivity index (χ1v) is 8.10. The Bertz CT molecular complexity index is 989. The molecule has 0 saturated carbocycles. The summed E-state index contributed by atoms with van der Waals surface area (Å²) in [6.07, 6.45) is 1.52. The number of aryl methyl sites for hydroxylation is 1. The molecule has 8 heteroatoms. The lowest BCUT2D eigenvalue weighted by atomic mass is 10.0. The summed E-state index contributed by atoms with van der Waals surface area (Å²) in [6.45, 7) is 1.95. The summed E-state index contributed by atoms with van der Waals surface area (Å²) in [5, 5.41) is 11.6. The lowest BCUT2D eigenvalue weighted by Gasteiger charge is -2.12. The van der Waals surface area contributed by atoms with Crippen molar-refractivity contribution in [3.8, 4) is 5.69 Å². The van der Waals surface area contributed by atoms with Crippen LogP contribution in [0.25, 0.3) is 11.3 Å². The Labute approximate surface area is 154 Å². The molecule has 3 aromatic rings. The zero-order valence-electron chi connectivity index (χ0n) is 15.0. The van der Waals surface area contributed by atoms with Gasteiger partial charge in [-0.3, -0.25) is 4.79 Å². The normalized spacial score (nSPS) is 11.5. The average molecular weight is 369 g/mol. The number of ketones is 1. The molecule has 0 saturated heterocycles. The summed E-state index contributed by atoms with van der Waals surface area (Å²) in [5.41, 5.74) is 1.70. The van der Waals surface area contributed by atoms with Crippen molar-refractivity contribution in [2.45, 2.75) is 6.92 Å². The number of rotatable bonds is 5. The van der Waals surface area contributed by atoms with E-state index < -0.39 is 17.4 Å². The van der Waals surface area contributed by atoms with Crippen molar-refractivity contribution in [1.29, 1.82) is 0 Å². The van der Waals surface area contributed by atoms with Crippen LogP contribution in [0.2, 0.25) is 0 Å². The molecule has 6 nitrogen and oxygen atoms in total. The molecule has 2 aromatic carbocycles. The van der Waals surface area contributed by atoms with Crippen molar-refractivity contribution in [2.75, 3.05) is 14.1 Å². The van der Waals surface area contributed by atoms with Gasteiger partial charge in [0, 0.05) is 31.9 Å². The second-order valence-corrected chi connectivity index (χ2v) is 6.24. The summed E-state index contributed by atoms with van der Waals surface area (Å²) in [5.74, 6) is -2.09. The maximum Gasteiger partial charge on any atom is 0.198 e. The largest absolute Gasteiger partial charge is 0.383 e. The zero-order chi connectivity index (χ0) is 19.6. The van der Waals surface area contributed by atoms with E-state index in [1.54, 1.807) is 19.0 Å². The highest BCUT2D eigenvalue weighted by molar-refractivity contribution is 6.28. The predicted molar refractivity (Wildman–Crippen MR) is 96.2 cm³/mol. The molecule has 0 aliphatic rings. The van der Waals surface area contributed by atoms with Crippen LogP contribution >= 0.6 is 0 Å². The van der Waals surface area contributed by atoms with E-state index in [4.69, 9.17) is 0 Å². The fraction of sp³-hybridized carbons (Fsp3) is 0.158. The SMILES string of the molecule is Cc1ccc(-n2nnnc2/C(=C/N(C)C)C(=O)c2cc(F)cc(F)c2)cc1. The molecule has 0 aliphatic heterocycles. The van der Waals surface area contributed by atoms with Gasteiger partial charge in [-0.1, -0.05) is 17.7 Å². The van der Waals surface area contributed by atoms with Crippen LogP contribution in [-0.4, -0.2) is 45.0 Å². The van der Waals surface area contributed by atoms with Crippen LogP contribution in [-0.2, 0) is 0 Å². The second kappa shape index (κ2) is 7.45. The fourth-order valence-electron chi connectivity index (χ4n) is 2.53. The Hall–Kier alpha value is -3.42. The number of allylic oxidation sites excluding steroid dienone is 1. The monoisotopic (exact) mass is 369 g/mol. The number of hydrogen-bond donors (Lipinski definition) is 0. The third-order valence-electron chi connectivity index (χ3n) is 3.75. The summed E-state index contributed by atoms with van der Waals surface area (Å²) in [4.78, 5) is 14.6. The second-order valence-electron chi connectivity index (χ2n) is 6.24. The molecule has 0 atom stereocenters. The quantitative estimate of drug-likeness (QED) is 0.511. The number of aromatic nitrogens is 4. The van der Waals surface area contributed by atoms with E-state index in [1.807, 2.05) is 31.2 Å². The van der Waals surface area contributed by atoms with E-state index in [2.05, 4.69) is 15.5 Å². The number of carbonyl (C=O) groups excluding carboxylic acids is 1. The summed E-state index contributed by atoms with van der Waals surface area (Å²) < 4.78 is 28.5. The minimum Gasteiger partial charge on any atom is -0.383 e. The molecule has 138 valence electrons. The Morgan fingerprint density at radius 3 is 2.30 bits per heavy atom. The van der Waals surface area contributed by atoms with Gasteiger partial charge in [-0.25, -0.2) is 8.78 Å². The third kappa shape index (κ3) is 4.05. The van der Waals surface area contributed by atoms with Crippen LogP contribution in [0.1, 0.15) is 21.7 Å². The van der Waals surface area contributed by atoms with E-state index in [0.717, 1.165) is 17.7 Å². The van der Waals surface area contributed by atoms with E-state index in [-0.39, 0.29) is 17.0 Å².